The maximum absolute atomic E-state index is 12.4. The van der Waals surface area contributed by atoms with Crippen molar-refractivity contribution in [2.24, 2.45) is 5.92 Å². The van der Waals surface area contributed by atoms with Crippen molar-refractivity contribution in [2.45, 2.75) is 51.0 Å². The average molecular weight is 437 g/mol. The lowest BCUT2D eigenvalue weighted by molar-refractivity contribution is -0.118. The van der Waals surface area contributed by atoms with Gasteiger partial charge in [0.05, 0.1) is 11.9 Å². The van der Waals surface area contributed by atoms with Crippen LogP contribution in [-0.2, 0) is 14.3 Å². The molecule has 1 aromatic carbocycles. The second-order valence-electron chi connectivity index (χ2n) is 8.52. The van der Waals surface area contributed by atoms with E-state index in [9.17, 15) is 14.4 Å². The number of amides is 1. The fourth-order valence-corrected chi connectivity index (χ4v) is 3.97. The monoisotopic (exact) mass is 437 g/mol. The Morgan fingerprint density at radius 3 is 2.84 bits per heavy atom. The summed E-state index contributed by atoms with van der Waals surface area (Å²) in [6.07, 6.45) is 2.80. The highest BCUT2D eigenvalue weighted by atomic mass is 16.6. The van der Waals surface area contributed by atoms with Gasteiger partial charge in [-0.15, -0.1) is 0 Å². The van der Waals surface area contributed by atoms with E-state index in [1.807, 2.05) is 6.07 Å². The molecule has 166 valence electrons. The number of rotatable bonds is 5. The third-order valence-electron chi connectivity index (χ3n) is 5.91. The van der Waals surface area contributed by atoms with E-state index in [0.29, 0.717) is 30.5 Å². The molecule has 0 radical (unpaired) electrons. The molecule has 3 atom stereocenters. The van der Waals surface area contributed by atoms with Crippen LogP contribution in [0.2, 0.25) is 0 Å². The van der Waals surface area contributed by atoms with Crippen LogP contribution in [0.15, 0.2) is 41.5 Å². The molecule has 2 N–H and O–H groups in total. The molecule has 1 amide bonds. The first-order chi connectivity index (χ1) is 15.4. The maximum atomic E-state index is 12.4. The number of benzene rings is 1. The van der Waals surface area contributed by atoms with Crippen LogP contribution in [0.25, 0.3) is 11.2 Å². The van der Waals surface area contributed by atoms with Crippen molar-refractivity contribution < 1.29 is 19.1 Å². The predicted octanol–water partition coefficient (Wildman–Crippen LogP) is 2.39. The predicted molar refractivity (Wildman–Crippen MR) is 114 cm³/mol. The first kappa shape index (κ1) is 20.4. The van der Waals surface area contributed by atoms with E-state index in [-0.39, 0.29) is 35.4 Å². The van der Waals surface area contributed by atoms with Gasteiger partial charge in [-0.1, -0.05) is 32.0 Å². The Morgan fingerprint density at radius 2 is 2.09 bits per heavy atom. The van der Waals surface area contributed by atoms with Crippen LogP contribution in [0.1, 0.15) is 49.7 Å². The van der Waals surface area contributed by atoms with E-state index in [2.05, 4.69) is 20.3 Å². The number of aromatic amines is 1. The van der Waals surface area contributed by atoms with Crippen LogP contribution in [0, 0.1) is 5.92 Å². The van der Waals surface area contributed by atoms with E-state index in [1.165, 1.54) is 6.33 Å². The quantitative estimate of drug-likeness (QED) is 0.587. The summed E-state index contributed by atoms with van der Waals surface area (Å²) >= 11 is 0. The third-order valence-corrected chi connectivity index (χ3v) is 5.91. The molecule has 3 aromatic rings. The van der Waals surface area contributed by atoms with Crippen molar-refractivity contribution in [2.75, 3.05) is 5.32 Å². The maximum Gasteiger partial charge on any atom is 0.338 e. The molecule has 1 spiro atoms. The Morgan fingerprint density at radius 1 is 1.31 bits per heavy atom. The van der Waals surface area contributed by atoms with E-state index < -0.39 is 17.4 Å². The number of nitrogens with zero attached hydrogens (tertiary/aromatic N) is 3. The molecule has 1 aliphatic heterocycles. The number of hydrogen-bond acceptors (Lipinski definition) is 7. The largest absolute Gasteiger partial charge is 0.456 e. The van der Waals surface area contributed by atoms with E-state index in [1.54, 1.807) is 42.7 Å². The molecule has 2 aliphatic rings. The smallest absolute Gasteiger partial charge is 0.338 e. The summed E-state index contributed by atoms with van der Waals surface area (Å²) in [5, 5.41) is 2.61. The summed E-state index contributed by atoms with van der Waals surface area (Å²) in [5.41, 5.74) is 0.0284. The minimum absolute atomic E-state index is 0.0664. The van der Waals surface area contributed by atoms with Crippen LogP contribution < -0.4 is 10.9 Å². The summed E-state index contributed by atoms with van der Waals surface area (Å²) in [5.74, 6) is -0.817. The summed E-state index contributed by atoms with van der Waals surface area (Å²) in [6, 6.07) is 8.85. The first-order valence-electron chi connectivity index (χ1n) is 10.6. The van der Waals surface area contributed by atoms with Gasteiger partial charge >= 0.3 is 5.97 Å². The fourth-order valence-electron chi connectivity index (χ4n) is 3.97. The number of nitrogens with one attached hydrogen (secondary N) is 2. The van der Waals surface area contributed by atoms with Gasteiger partial charge in [-0.2, -0.15) is 4.98 Å². The Kier molecular flexibility index (Phi) is 4.81. The summed E-state index contributed by atoms with van der Waals surface area (Å²) < 4.78 is 13.6. The van der Waals surface area contributed by atoms with Crippen LogP contribution in [0.3, 0.4) is 0 Å². The van der Waals surface area contributed by atoms with Gasteiger partial charge < -0.3 is 9.47 Å². The minimum Gasteiger partial charge on any atom is -0.456 e. The zero-order valence-electron chi connectivity index (χ0n) is 17.7. The topological polar surface area (TPSA) is 128 Å². The van der Waals surface area contributed by atoms with Gasteiger partial charge in [0.1, 0.15) is 17.9 Å². The average Bonchev–Trinajstić information content (AvgIpc) is 3.09. The second-order valence-corrected chi connectivity index (χ2v) is 8.52. The lowest BCUT2D eigenvalue weighted by atomic mass is 10.2. The molecule has 1 aliphatic carbocycles. The Bertz CT molecular complexity index is 1250. The molecule has 1 saturated heterocycles. The number of H-pyrrole nitrogens is 1. The number of esters is 1. The Balaban J connectivity index is 1.33. The molecule has 1 saturated carbocycles. The van der Waals surface area contributed by atoms with Gasteiger partial charge in [-0.3, -0.25) is 24.5 Å². The minimum atomic E-state index is -0.526. The highest BCUT2D eigenvalue weighted by Gasteiger charge is 2.62. The highest BCUT2D eigenvalue weighted by molar-refractivity contribution is 5.91. The number of hydrogen-bond donors (Lipinski definition) is 2. The van der Waals surface area contributed by atoms with Crippen molar-refractivity contribution in [3.8, 4) is 0 Å². The fraction of sp³-hybridized carbons (Fsp3) is 0.409. The van der Waals surface area contributed by atoms with Gasteiger partial charge in [0.25, 0.3) is 5.56 Å². The van der Waals surface area contributed by atoms with E-state index in [4.69, 9.17) is 9.47 Å². The second kappa shape index (κ2) is 7.56. The number of carbonyl (C=O) groups excluding carboxylic acids is 2. The normalized spacial score (nSPS) is 24.2. The van der Waals surface area contributed by atoms with Gasteiger partial charge in [-0.05, 0) is 25.0 Å². The van der Waals surface area contributed by atoms with Crippen LogP contribution in [0.4, 0.5) is 5.95 Å². The molecule has 32 heavy (non-hydrogen) atoms. The molecule has 2 fully saturated rings. The summed E-state index contributed by atoms with van der Waals surface area (Å²) in [6.45, 7) is 3.50. The number of ether oxygens (including phenoxy) is 2. The Hall–Kier alpha value is -3.53. The molecular formula is C22H23N5O5. The van der Waals surface area contributed by atoms with Gasteiger partial charge in [0.15, 0.2) is 11.2 Å². The molecular weight excluding hydrogens is 414 g/mol. The van der Waals surface area contributed by atoms with Crippen molar-refractivity contribution in [3.63, 3.8) is 0 Å². The summed E-state index contributed by atoms with van der Waals surface area (Å²) in [7, 11) is 0. The molecule has 2 aromatic heterocycles. The molecule has 1 unspecified atom stereocenters. The van der Waals surface area contributed by atoms with Crippen LogP contribution in [-0.4, -0.2) is 43.1 Å². The van der Waals surface area contributed by atoms with Crippen molar-refractivity contribution in [3.05, 3.63) is 52.6 Å². The first-order valence-corrected chi connectivity index (χ1v) is 10.6. The number of fused-ring (bicyclic) bond motifs is 1. The summed E-state index contributed by atoms with van der Waals surface area (Å²) in [4.78, 5) is 47.9. The third kappa shape index (κ3) is 3.56. The zero-order valence-corrected chi connectivity index (χ0v) is 17.7. The molecule has 10 nitrogen and oxygen atoms in total. The number of aromatic nitrogens is 4. The molecule has 10 heteroatoms. The lowest BCUT2D eigenvalue weighted by Gasteiger charge is -2.16. The van der Waals surface area contributed by atoms with Crippen molar-refractivity contribution in [1.82, 2.24) is 19.5 Å². The Labute approximate surface area is 183 Å². The van der Waals surface area contributed by atoms with Crippen LogP contribution in [0.5, 0.6) is 0 Å². The van der Waals surface area contributed by atoms with Crippen molar-refractivity contribution >= 4 is 29.0 Å². The lowest BCUT2D eigenvalue weighted by Crippen LogP contribution is -2.23. The van der Waals surface area contributed by atoms with E-state index >= 15 is 0 Å². The van der Waals surface area contributed by atoms with Crippen LogP contribution >= 0.6 is 0 Å². The number of carbonyl (C=O) groups is 2. The SMILES string of the molecule is CC(C)C(=O)Nc1nc2c(ncn2[C@H]2CC[C@]3(CC3OC(=O)c3ccccc3)O2)c(=O)[nH]1. The van der Waals surface area contributed by atoms with Gasteiger partial charge in [0, 0.05) is 12.3 Å². The molecule has 5 rings (SSSR count). The number of imidazole rings is 1. The van der Waals surface area contributed by atoms with Gasteiger partial charge in [-0.25, -0.2) is 9.78 Å². The highest BCUT2D eigenvalue weighted by Crippen LogP contribution is 2.54. The zero-order chi connectivity index (χ0) is 22.5. The van der Waals surface area contributed by atoms with E-state index in [0.717, 1.165) is 0 Å². The van der Waals surface area contributed by atoms with Crippen molar-refractivity contribution in [1.29, 1.82) is 0 Å². The number of anilines is 1. The van der Waals surface area contributed by atoms with Gasteiger partial charge in [0.2, 0.25) is 11.9 Å². The standard InChI is InChI=1S/C22H23N5O5/c1-12(2)18(28)25-21-24-17-16(19(29)26-21)23-11-27(17)15-8-9-22(32-15)10-14(22)31-20(30)13-6-4-3-5-7-13/h3-7,11-12,14-15H,8-10H2,1-2H3,(H2,24,25,26,28,29)/t14?,15-,22-/m1/s1. The molecule has 3 heterocycles. The molecule has 0 bridgehead atoms.